The Hall–Kier alpha value is -4.82. The second-order valence-electron chi connectivity index (χ2n) is 11.8. The van der Waals surface area contributed by atoms with Crippen molar-refractivity contribution in [2.75, 3.05) is 79.3 Å². The molecule has 2 rings (SSSR count). The summed E-state index contributed by atoms with van der Waals surface area (Å²) in [6.45, 7) is 30.0. The number of carbonyl (C=O) groups excluding carboxylic acids is 2. The predicted octanol–water partition coefficient (Wildman–Crippen LogP) is 8.41. The zero-order valence-electron chi connectivity index (χ0n) is 35.9. The molecular formula is C43H64O14. The molecule has 0 radical (unpaired) electrons. The van der Waals surface area contributed by atoms with Gasteiger partial charge in [-0.05, 0) is 75.7 Å². The van der Waals surface area contributed by atoms with Gasteiger partial charge in [0.2, 0.25) is 34.5 Å². The van der Waals surface area contributed by atoms with Gasteiger partial charge in [-0.1, -0.05) is 20.1 Å². The van der Waals surface area contributed by atoms with E-state index in [1.807, 2.05) is 48.5 Å². The molecule has 0 bridgehead atoms. The predicted molar refractivity (Wildman–Crippen MR) is 217 cm³/mol. The van der Waals surface area contributed by atoms with Crippen LogP contribution in [0.15, 0.2) is 24.3 Å². The molecule has 0 aromatic heterocycles. The van der Waals surface area contributed by atoms with Crippen molar-refractivity contribution in [3.63, 3.8) is 0 Å². The molecule has 14 heteroatoms. The maximum absolute atomic E-state index is 13.5. The minimum atomic E-state index is -0.746. The third-order valence-electron chi connectivity index (χ3n) is 7.97. The van der Waals surface area contributed by atoms with Gasteiger partial charge in [0.25, 0.3) is 0 Å². The van der Waals surface area contributed by atoms with Crippen molar-refractivity contribution >= 4 is 11.9 Å². The van der Waals surface area contributed by atoms with Crippen LogP contribution in [0.5, 0.6) is 57.5 Å². The number of hydrogen-bond acceptors (Lipinski definition) is 14. The third kappa shape index (κ3) is 12.1. The molecule has 0 fully saturated rings. The van der Waals surface area contributed by atoms with Gasteiger partial charge in [0.1, 0.15) is 0 Å². The largest absolute Gasteiger partial charge is 0.489 e. The average Bonchev–Trinajstić information content (AvgIpc) is 3.20. The lowest BCUT2D eigenvalue weighted by molar-refractivity contribution is -0.131. The topological polar surface area (TPSA) is 145 Å². The van der Waals surface area contributed by atoms with E-state index in [1.165, 1.54) is 0 Å². The van der Waals surface area contributed by atoms with Crippen LogP contribution in [0.1, 0.15) is 99.6 Å². The van der Waals surface area contributed by atoms with Crippen LogP contribution in [-0.2, 0) is 19.1 Å². The highest BCUT2D eigenvalue weighted by Crippen LogP contribution is 2.63. The first kappa shape index (κ1) is 48.3. The van der Waals surface area contributed by atoms with Crippen LogP contribution in [0.2, 0.25) is 0 Å². The lowest BCUT2D eigenvalue weighted by Gasteiger charge is -2.31. The van der Waals surface area contributed by atoms with E-state index in [9.17, 15) is 9.59 Å². The SMILES string of the molecule is C=C(COCC)C(=O)Oc1c(OCC)c(OCC)c(C(CC)c2c(OCC)c(OCC)c(OC(=O)C(=C)COCC)c(OCC)c2OCC)c(OCC)c1OCC. The summed E-state index contributed by atoms with van der Waals surface area (Å²) in [5, 5.41) is 0. The molecule has 0 aliphatic carbocycles. The zero-order valence-corrected chi connectivity index (χ0v) is 35.9. The van der Waals surface area contributed by atoms with Crippen molar-refractivity contribution in [2.24, 2.45) is 0 Å². The maximum Gasteiger partial charge on any atom is 0.341 e. The number of carbonyl (C=O) groups is 2. The third-order valence-corrected chi connectivity index (χ3v) is 7.97. The average molecular weight is 805 g/mol. The van der Waals surface area contributed by atoms with Crippen molar-refractivity contribution in [3.05, 3.63) is 35.4 Å². The van der Waals surface area contributed by atoms with Gasteiger partial charge in [0.15, 0.2) is 23.0 Å². The molecule has 0 heterocycles. The first-order chi connectivity index (χ1) is 27.5. The molecule has 0 amide bonds. The summed E-state index contributed by atoms with van der Waals surface area (Å²) < 4.78 is 73.8. The zero-order chi connectivity index (χ0) is 42.5. The quantitative estimate of drug-likeness (QED) is 0.0441. The first-order valence-electron chi connectivity index (χ1n) is 20.0. The Balaban J connectivity index is 3.34. The molecule has 0 atom stereocenters. The van der Waals surface area contributed by atoms with E-state index in [1.54, 1.807) is 27.7 Å². The van der Waals surface area contributed by atoms with Crippen LogP contribution in [0, 0.1) is 0 Å². The maximum atomic E-state index is 13.5. The van der Waals surface area contributed by atoms with E-state index in [2.05, 4.69) is 13.2 Å². The second kappa shape index (κ2) is 25.4. The molecule has 0 spiro atoms. The number of benzene rings is 2. The van der Waals surface area contributed by atoms with Gasteiger partial charge in [-0.3, -0.25) is 0 Å². The number of rotatable bonds is 29. The van der Waals surface area contributed by atoms with Crippen LogP contribution in [0.3, 0.4) is 0 Å². The molecule has 2 aromatic carbocycles. The van der Waals surface area contributed by atoms with Gasteiger partial charge in [-0.15, -0.1) is 0 Å². The van der Waals surface area contributed by atoms with Gasteiger partial charge in [-0.25, -0.2) is 9.59 Å². The Bertz CT molecular complexity index is 1440. The molecular weight excluding hydrogens is 740 g/mol. The molecule has 320 valence electrons. The van der Waals surface area contributed by atoms with Crippen molar-refractivity contribution in [2.45, 2.75) is 88.5 Å². The molecule has 0 saturated carbocycles. The second-order valence-corrected chi connectivity index (χ2v) is 11.8. The minimum absolute atomic E-state index is 0.0351. The van der Waals surface area contributed by atoms with E-state index in [-0.39, 0.29) is 135 Å². The van der Waals surface area contributed by atoms with Crippen LogP contribution in [0.4, 0.5) is 0 Å². The van der Waals surface area contributed by atoms with E-state index in [0.717, 1.165) is 0 Å². The van der Waals surface area contributed by atoms with Gasteiger partial charge in [-0.2, -0.15) is 0 Å². The van der Waals surface area contributed by atoms with Gasteiger partial charge in [0, 0.05) is 19.1 Å². The van der Waals surface area contributed by atoms with Crippen LogP contribution in [-0.4, -0.2) is 91.2 Å². The van der Waals surface area contributed by atoms with Crippen LogP contribution >= 0.6 is 0 Å². The summed E-state index contributed by atoms with van der Waals surface area (Å²) in [6, 6.07) is 0. The number of esters is 2. The summed E-state index contributed by atoms with van der Waals surface area (Å²) in [4.78, 5) is 27.0. The van der Waals surface area contributed by atoms with E-state index in [4.69, 9.17) is 56.8 Å². The van der Waals surface area contributed by atoms with E-state index >= 15 is 0 Å². The molecule has 57 heavy (non-hydrogen) atoms. The monoisotopic (exact) mass is 804 g/mol. The summed E-state index contributed by atoms with van der Waals surface area (Å²) in [5.41, 5.74) is 1.15. The van der Waals surface area contributed by atoms with Gasteiger partial charge < -0.3 is 56.8 Å². The lowest BCUT2D eigenvalue weighted by Crippen LogP contribution is -2.19. The lowest BCUT2D eigenvalue weighted by atomic mass is 9.85. The van der Waals surface area contributed by atoms with Crippen molar-refractivity contribution in [3.8, 4) is 57.5 Å². The Morgan fingerprint density at radius 1 is 0.386 bits per heavy atom. The highest BCUT2D eigenvalue weighted by atomic mass is 16.6. The molecule has 2 aromatic rings. The molecule has 0 saturated heterocycles. The smallest absolute Gasteiger partial charge is 0.341 e. The van der Waals surface area contributed by atoms with Gasteiger partial charge >= 0.3 is 11.9 Å². The van der Waals surface area contributed by atoms with Crippen molar-refractivity contribution in [1.82, 2.24) is 0 Å². The standard InChI is InChI=1S/C43H64O14/c1-14-29(30-32(48-17-4)36(52-21-8)40(37(53-22-9)33(30)49-18-5)56-42(44)27(12)25-46-15-2)31-34(50-19-6)38(54-23-10)41(39(55-24-11)35(31)51-20-7)57-43(45)28(13)26-47-16-3/h29H,12-26H2,1-11H3. The minimum Gasteiger partial charge on any atom is -0.489 e. The fourth-order valence-electron chi connectivity index (χ4n) is 5.84. The molecule has 0 aliphatic rings. The number of hydrogen-bond donors (Lipinski definition) is 0. The van der Waals surface area contributed by atoms with Gasteiger partial charge in [0.05, 0.1) is 88.3 Å². The number of ether oxygens (including phenoxy) is 12. The Morgan fingerprint density at radius 3 is 0.842 bits per heavy atom. The van der Waals surface area contributed by atoms with Crippen LogP contribution in [0.25, 0.3) is 0 Å². The molecule has 14 nitrogen and oxygen atoms in total. The Kier molecular flexibility index (Phi) is 21.6. The summed E-state index contributed by atoms with van der Waals surface area (Å²) in [7, 11) is 0. The molecule has 0 unspecified atom stereocenters. The van der Waals surface area contributed by atoms with Crippen LogP contribution < -0.4 is 47.4 Å². The van der Waals surface area contributed by atoms with Crippen molar-refractivity contribution < 1.29 is 66.4 Å². The first-order valence-corrected chi connectivity index (χ1v) is 20.0. The molecule has 0 aliphatic heterocycles. The normalized spacial score (nSPS) is 10.8. The Morgan fingerprint density at radius 2 is 0.632 bits per heavy atom. The fourth-order valence-corrected chi connectivity index (χ4v) is 5.84. The van der Waals surface area contributed by atoms with E-state index in [0.29, 0.717) is 30.8 Å². The van der Waals surface area contributed by atoms with Crippen molar-refractivity contribution in [1.29, 1.82) is 0 Å². The highest BCUT2D eigenvalue weighted by Gasteiger charge is 2.41. The molecule has 0 N–H and O–H groups in total. The highest BCUT2D eigenvalue weighted by molar-refractivity contribution is 5.92. The summed E-state index contributed by atoms with van der Waals surface area (Å²) in [5.74, 6) is -0.870. The fraction of sp³-hybridized carbons (Fsp3) is 0.581. The Labute approximate surface area is 338 Å². The summed E-state index contributed by atoms with van der Waals surface area (Å²) in [6.07, 6.45) is 0.392. The summed E-state index contributed by atoms with van der Waals surface area (Å²) >= 11 is 0. The van der Waals surface area contributed by atoms with E-state index < -0.39 is 17.9 Å².